The first-order valence-corrected chi connectivity index (χ1v) is 9.32. The van der Waals surface area contributed by atoms with Gasteiger partial charge in [-0.15, -0.1) is 0 Å². The molecule has 0 radical (unpaired) electrons. The second kappa shape index (κ2) is 8.47. The Morgan fingerprint density at radius 1 is 1.12 bits per heavy atom. The van der Waals surface area contributed by atoms with Crippen molar-refractivity contribution < 1.29 is 14.6 Å². The third-order valence-electron chi connectivity index (χ3n) is 5.15. The third kappa shape index (κ3) is 4.81. The van der Waals surface area contributed by atoms with Gasteiger partial charge < -0.3 is 20.5 Å². The lowest BCUT2D eigenvalue weighted by atomic mass is 9.93. The van der Waals surface area contributed by atoms with Crippen LogP contribution in [0.2, 0.25) is 0 Å². The van der Waals surface area contributed by atoms with Crippen molar-refractivity contribution in [2.45, 2.75) is 76.0 Å². The van der Waals surface area contributed by atoms with E-state index >= 15 is 0 Å². The first kappa shape index (κ1) is 17.9. The lowest BCUT2D eigenvalue weighted by molar-refractivity contribution is 0.0906. The van der Waals surface area contributed by atoms with Gasteiger partial charge in [0, 0.05) is 18.3 Å². The first-order chi connectivity index (χ1) is 12.2. The molecule has 25 heavy (non-hydrogen) atoms. The van der Waals surface area contributed by atoms with Crippen LogP contribution in [0.4, 0.5) is 5.95 Å². The first-order valence-electron chi connectivity index (χ1n) is 9.32. The van der Waals surface area contributed by atoms with Gasteiger partial charge in [0.1, 0.15) is 5.56 Å². The van der Waals surface area contributed by atoms with Crippen LogP contribution in [0.3, 0.4) is 0 Å². The van der Waals surface area contributed by atoms with E-state index in [-0.39, 0.29) is 18.1 Å². The van der Waals surface area contributed by atoms with Gasteiger partial charge >= 0.3 is 0 Å². The fourth-order valence-electron chi connectivity index (χ4n) is 3.34. The van der Waals surface area contributed by atoms with Gasteiger partial charge in [-0.25, -0.2) is 4.98 Å². The van der Waals surface area contributed by atoms with E-state index < -0.39 is 0 Å². The van der Waals surface area contributed by atoms with Crippen molar-refractivity contribution in [1.82, 2.24) is 15.3 Å². The summed E-state index contributed by atoms with van der Waals surface area (Å²) in [5, 5.41) is 16.1. The number of ether oxygens (including phenoxy) is 1. The van der Waals surface area contributed by atoms with Gasteiger partial charge in [-0.05, 0) is 44.9 Å². The van der Waals surface area contributed by atoms with Crippen LogP contribution in [0.25, 0.3) is 0 Å². The third-order valence-corrected chi connectivity index (χ3v) is 5.15. The van der Waals surface area contributed by atoms with Crippen LogP contribution < -0.4 is 15.4 Å². The number of carbonyl (C=O) groups is 1. The molecule has 7 nitrogen and oxygen atoms in total. The minimum absolute atomic E-state index is 0.0694. The van der Waals surface area contributed by atoms with Gasteiger partial charge in [0.15, 0.2) is 0 Å². The van der Waals surface area contributed by atoms with Crippen molar-refractivity contribution in [1.29, 1.82) is 0 Å². The van der Waals surface area contributed by atoms with Crippen LogP contribution in [0.15, 0.2) is 6.20 Å². The monoisotopic (exact) mass is 348 g/mol. The molecular weight excluding hydrogens is 320 g/mol. The number of methoxy groups -OCH3 is 1. The van der Waals surface area contributed by atoms with Crippen LogP contribution >= 0.6 is 0 Å². The largest absolute Gasteiger partial charge is 0.480 e. The molecule has 0 bridgehead atoms. The van der Waals surface area contributed by atoms with Crippen LogP contribution in [0.5, 0.6) is 5.88 Å². The minimum atomic E-state index is -0.255. The Hall–Kier alpha value is -1.89. The Kier molecular flexibility index (Phi) is 6.07. The molecule has 0 unspecified atom stereocenters. The summed E-state index contributed by atoms with van der Waals surface area (Å²) in [5.74, 6) is 0.583. The highest BCUT2D eigenvalue weighted by Gasteiger charge is 2.23. The number of rotatable bonds is 5. The molecule has 0 aliphatic heterocycles. The minimum Gasteiger partial charge on any atom is -0.480 e. The number of hydrogen-bond acceptors (Lipinski definition) is 6. The number of amides is 1. The van der Waals surface area contributed by atoms with E-state index in [1.165, 1.54) is 19.7 Å². The van der Waals surface area contributed by atoms with Crippen molar-refractivity contribution in [3.63, 3.8) is 0 Å². The summed E-state index contributed by atoms with van der Waals surface area (Å²) in [6.07, 6.45) is 10.1. The number of aliphatic hydroxyl groups excluding tert-OH is 1. The van der Waals surface area contributed by atoms with Gasteiger partial charge in [0.2, 0.25) is 11.8 Å². The van der Waals surface area contributed by atoms with E-state index in [9.17, 15) is 9.90 Å². The second-order valence-corrected chi connectivity index (χ2v) is 7.07. The summed E-state index contributed by atoms with van der Waals surface area (Å²) in [7, 11) is 1.51. The smallest absolute Gasteiger partial charge is 0.258 e. The molecule has 2 aliphatic carbocycles. The van der Waals surface area contributed by atoms with Gasteiger partial charge in [-0.3, -0.25) is 4.79 Å². The lowest BCUT2D eigenvalue weighted by Crippen LogP contribution is -2.36. The molecular formula is C18H28N4O3. The van der Waals surface area contributed by atoms with E-state index in [4.69, 9.17) is 4.74 Å². The van der Waals surface area contributed by atoms with Crippen LogP contribution in [0.1, 0.15) is 68.1 Å². The summed E-state index contributed by atoms with van der Waals surface area (Å²) in [5.41, 5.74) is 0.351. The highest BCUT2D eigenvalue weighted by molar-refractivity contribution is 5.96. The van der Waals surface area contributed by atoms with Crippen molar-refractivity contribution in [2.75, 3.05) is 12.4 Å². The SMILES string of the molecule is COc1nc(NC2CCC2)ncc1C(=O)N[C@@H]1CCCC[C@H](O)CC1. The maximum absolute atomic E-state index is 12.6. The molecule has 1 amide bonds. The number of anilines is 1. The standard InChI is InChI=1S/C18H28N4O3/c1-25-17-15(11-19-18(22-17)21-12-6-4-7-12)16(24)20-13-5-2-3-8-14(23)10-9-13/h11-14,23H,2-10H2,1H3,(H,20,24)(H,19,21,22)/t13-,14+/m1/s1. The number of nitrogens with one attached hydrogen (secondary N) is 2. The van der Waals surface area contributed by atoms with Crippen LogP contribution in [-0.4, -0.2) is 46.3 Å². The summed E-state index contributed by atoms with van der Waals surface area (Å²) in [4.78, 5) is 21.2. The molecule has 1 aromatic rings. The van der Waals surface area contributed by atoms with Crippen LogP contribution in [-0.2, 0) is 0 Å². The Bertz CT molecular complexity index is 592. The number of aromatic nitrogens is 2. The van der Waals surface area contributed by atoms with Gasteiger partial charge in [-0.2, -0.15) is 4.98 Å². The van der Waals surface area contributed by atoms with Crippen molar-refractivity contribution >= 4 is 11.9 Å². The molecule has 0 aromatic carbocycles. The summed E-state index contributed by atoms with van der Waals surface area (Å²) in [6.45, 7) is 0. The molecule has 0 spiro atoms. The second-order valence-electron chi connectivity index (χ2n) is 7.07. The molecule has 3 N–H and O–H groups in total. The Morgan fingerprint density at radius 3 is 2.60 bits per heavy atom. The average molecular weight is 348 g/mol. The Labute approximate surface area is 148 Å². The Balaban J connectivity index is 1.63. The number of carbonyl (C=O) groups excluding carboxylic acids is 1. The summed E-state index contributed by atoms with van der Waals surface area (Å²) >= 11 is 0. The maximum atomic E-state index is 12.6. The molecule has 2 aliphatic rings. The quantitative estimate of drug-likeness (QED) is 0.755. The average Bonchev–Trinajstić information content (AvgIpc) is 2.57. The van der Waals surface area contributed by atoms with E-state index in [0.29, 0.717) is 23.4 Å². The highest BCUT2D eigenvalue weighted by Crippen LogP contribution is 2.24. The number of aliphatic hydroxyl groups is 1. The fraction of sp³-hybridized carbons (Fsp3) is 0.722. The lowest BCUT2D eigenvalue weighted by Gasteiger charge is -2.26. The van der Waals surface area contributed by atoms with Gasteiger partial charge in [0.05, 0.1) is 13.2 Å². The molecule has 3 rings (SSSR count). The molecule has 138 valence electrons. The fourth-order valence-corrected chi connectivity index (χ4v) is 3.34. The van der Waals surface area contributed by atoms with E-state index in [1.54, 1.807) is 0 Å². The zero-order valence-electron chi connectivity index (χ0n) is 14.8. The maximum Gasteiger partial charge on any atom is 0.258 e. The van der Waals surface area contributed by atoms with Gasteiger partial charge in [-0.1, -0.05) is 12.8 Å². The zero-order chi connectivity index (χ0) is 17.6. The van der Waals surface area contributed by atoms with E-state index in [1.807, 2.05) is 0 Å². The molecule has 2 fully saturated rings. The van der Waals surface area contributed by atoms with E-state index in [2.05, 4.69) is 20.6 Å². The zero-order valence-corrected chi connectivity index (χ0v) is 14.8. The molecule has 1 aromatic heterocycles. The summed E-state index contributed by atoms with van der Waals surface area (Å²) in [6, 6.07) is 0.491. The van der Waals surface area contributed by atoms with Crippen LogP contribution in [0, 0.1) is 0 Å². The van der Waals surface area contributed by atoms with Crippen molar-refractivity contribution in [2.24, 2.45) is 0 Å². The number of nitrogens with zero attached hydrogens (tertiary/aromatic N) is 2. The van der Waals surface area contributed by atoms with E-state index in [0.717, 1.165) is 51.4 Å². The Morgan fingerprint density at radius 2 is 1.88 bits per heavy atom. The molecule has 2 atom stereocenters. The predicted octanol–water partition coefficient (Wildman–Crippen LogP) is 2.26. The van der Waals surface area contributed by atoms with Gasteiger partial charge in [0.25, 0.3) is 5.91 Å². The highest BCUT2D eigenvalue weighted by atomic mass is 16.5. The van der Waals surface area contributed by atoms with Crippen molar-refractivity contribution in [3.05, 3.63) is 11.8 Å². The van der Waals surface area contributed by atoms with Crippen molar-refractivity contribution in [3.8, 4) is 5.88 Å². The predicted molar refractivity (Wildman–Crippen MR) is 94.8 cm³/mol. The topological polar surface area (TPSA) is 96.4 Å². The molecule has 1 heterocycles. The molecule has 0 saturated heterocycles. The summed E-state index contributed by atoms with van der Waals surface area (Å²) < 4.78 is 5.30. The normalized spacial score (nSPS) is 24.6. The molecule has 7 heteroatoms. The molecule has 2 saturated carbocycles. The number of hydrogen-bond donors (Lipinski definition) is 3.